The molecule has 2 rings (SSSR count). The lowest BCUT2D eigenvalue weighted by atomic mass is 10.2. The summed E-state index contributed by atoms with van der Waals surface area (Å²) in [5, 5.41) is 11.3. The Morgan fingerprint density at radius 2 is 1.95 bits per heavy atom. The first-order valence-corrected chi connectivity index (χ1v) is 6.64. The normalized spacial score (nSPS) is 11.5. The number of nitrogens with zero attached hydrogens (tertiary/aromatic N) is 1. The number of rotatable bonds is 4. The van der Waals surface area contributed by atoms with Crippen molar-refractivity contribution in [2.45, 2.75) is 6.61 Å². The predicted molar refractivity (Wildman–Crippen MR) is 77.3 cm³/mol. The van der Waals surface area contributed by atoms with Gasteiger partial charge in [0.05, 0.1) is 0 Å². The van der Waals surface area contributed by atoms with E-state index in [-0.39, 0.29) is 23.8 Å². The third-order valence-electron chi connectivity index (χ3n) is 2.73. The molecule has 0 aliphatic carbocycles. The Morgan fingerprint density at radius 3 is 2.57 bits per heavy atom. The molecular formula is C14H11BrF2N2O2. The van der Waals surface area contributed by atoms with E-state index in [4.69, 9.17) is 15.7 Å². The predicted octanol–water partition coefficient (Wildman–Crippen LogP) is 3.40. The number of halogens is 3. The van der Waals surface area contributed by atoms with Gasteiger partial charge in [-0.05, 0) is 30.3 Å². The second-order valence-electron chi connectivity index (χ2n) is 4.15. The third kappa shape index (κ3) is 3.69. The molecule has 0 atom stereocenters. The third-order valence-corrected chi connectivity index (χ3v) is 3.23. The van der Waals surface area contributed by atoms with Crippen molar-refractivity contribution in [3.05, 3.63) is 63.6 Å². The zero-order valence-corrected chi connectivity index (χ0v) is 12.3. The Bertz CT molecular complexity index is 693. The van der Waals surface area contributed by atoms with Gasteiger partial charge in [-0.1, -0.05) is 27.2 Å². The minimum atomic E-state index is -0.684. The molecule has 2 aromatic carbocycles. The van der Waals surface area contributed by atoms with Crippen LogP contribution in [0.3, 0.4) is 0 Å². The maximum atomic E-state index is 13.8. The van der Waals surface area contributed by atoms with Gasteiger partial charge in [0, 0.05) is 15.6 Å². The van der Waals surface area contributed by atoms with Crippen molar-refractivity contribution in [3.63, 3.8) is 0 Å². The van der Waals surface area contributed by atoms with E-state index in [0.29, 0.717) is 10.0 Å². The van der Waals surface area contributed by atoms with Gasteiger partial charge in [0.1, 0.15) is 12.4 Å². The Balaban J connectivity index is 2.13. The van der Waals surface area contributed by atoms with Crippen LogP contribution in [0, 0.1) is 11.6 Å². The van der Waals surface area contributed by atoms with Gasteiger partial charge in [0.15, 0.2) is 17.4 Å². The summed E-state index contributed by atoms with van der Waals surface area (Å²) >= 11 is 3.15. The first-order valence-electron chi connectivity index (χ1n) is 5.85. The molecule has 3 N–H and O–H groups in total. The topological polar surface area (TPSA) is 67.8 Å². The van der Waals surface area contributed by atoms with Crippen LogP contribution in [0.15, 0.2) is 46.0 Å². The molecule has 2 aromatic rings. The molecule has 0 bridgehead atoms. The molecule has 0 saturated heterocycles. The van der Waals surface area contributed by atoms with E-state index in [0.717, 1.165) is 6.07 Å². The van der Waals surface area contributed by atoms with Gasteiger partial charge in [-0.2, -0.15) is 0 Å². The number of nitrogens with two attached hydrogens (primary N) is 1. The van der Waals surface area contributed by atoms with Crippen LogP contribution >= 0.6 is 15.9 Å². The van der Waals surface area contributed by atoms with Crippen molar-refractivity contribution in [2.75, 3.05) is 0 Å². The summed E-state index contributed by atoms with van der Waals surface area (Å²) in [6.07, 6.45) is 0. The van der Waals surface area contributed by atoms with Gasteiger partial charge in [0.2, 0.25) is 0 Å². The highest BCUT2D eigenvalue weighted by atomic mass is 79.9. The number of oxime groups is 1. The summed E-state index contributed by atoms with van der Waals surface area (Å²) in [7, 11) is 0. The summed E-state index contributed by atoms with van der Waals surface area (Å²) in [4.78, 5) is 0. The summed E-state index contributed by atoms with van der Waals surface area (Å²) in [5.41, 5.74) is 5.87. The van der Waals surface area contributed by atoms with E-state index in [1.54, 1.807) is 12.1 Å². The van der Waals surface area contributed by atoms with Gasteiger partial charge < -0.3 is 15.7 Å². The minimum absolute atomic E-state index is 0.0493. The van der Waals surface area contributed by atoms with E-state index in [1.165, 1.54) is 18.2 Å². The zero-order valence-electron chi connectivity index (χ0n) is 10.7. The largest absolute Gasteiger partial charge is 0.486 e. The molecular weight excluding hydrogens is 346 g/mol. The smallest absolute Gasteiger partial charge is 0.170 e. The van der Waals surface area contributed by atoms with Crippen LogP contribution < -0.4 is 10.5 Å². The van der Waals surface area contributed by atoms with E-state index >= 15 is 0 Å². The second-order valence-corrected chi connectivity index (χ2v) is 5.07. The molecule has 0 spiro atoms. The van der Waals surface area contributed by atoms with Gasteiger partial charge in [-0.3, -0.25) is 0 Å². The first kappa shape index (κ1) is 15.2. The van der Waals surface area contributed by atoms with Crippen LogP contribution in [-0.4, -0.2) is 11.0 Å². The highest BCUT2D eigenvalue weighted by molar-refractivity contribution is 9.10. The fraction of sp³-hybridized carbons (Fsp3) is 0.0714. The van der Waals surface area contributed by atoms with Crippen molar-refractivity contribution in [2.24, 2.45) is 10.9 Å². The van der Waals surface area contributed by atoms with Gasteiger partial charge in [-0.15, -0.1) is 0 Å². The van der Waals surface area contributed by atoms with Crippen LogP contribution in [0.1, 0.15) is 11.1 Å². The Labute approximate surface area is 128 Å². The monoisotopic (exact) mass is 356 g/mol. The number of hydrogen-bond donors (Lipinski definition) is 2. The quantitative estimate of drug-likeness (QED) is 0.381. The molecule has 21 heavy (non-hydrogen) atoms. The van der Waals surface area contributed by atoms with E-state index in [9.17, 15) is 8.78 Å². The molecule has 0 fully saturated rings. The first-order chi connectivity index (χ1) is 10.0. The highest BCUT2D eigenvalue weighted by Crippen LogP contribution is 2.21. The zero-order chi connectivity index (χ0) is 15.4. The van der Waals surface area contributed by atoms with Crippen molar-refractivity contribution in [1.29, 1.82) is 0 Å². The van der Waals surface area contributed by atoms with Crippen LogP contribution in [0.4, 0.5) is 8.78 Å². The van der Waals surface area contributed by atoms with Gasteiger partial charge in [-0.25, -0.2) is 8.78 Å². The van der Waals surface area contributed by atoms with Crippen LogP contribution in [-0.2, 0) is 6.61 Å². The minimum Gasteiger partial charge on any atom is -0.486 e. The molecule has 0 aromatic heterocycles. The van der Waals surface area contributed by atoms with Crippen LogP contribution in [0.5, 0.6) is 5.75 Å². The van der Waals surface area contributed by atoms with Crippen molar-refractivity contribution >= 4 is 21.8 Å². The fourth-order valence-electron chi connectivity index (χ4n) is 1.63. The fourth-order valence-corrected chi connectivity index (χ4v) is 1.96. The Kier molecular flexibility index (Phi) is 4.74. The molecule has 110 valence electrons. The summed E-state index contributed by atoms with van der Waals surface area (Å²) in [6.45, 7) is -0.112. The molecule has 4 nitrogen and oxygen atoms in total. The average molecular weight is 357 g/mol. The molecule has 7 heteroatoms. The molecule has 0 heterocycles. The van der Waals surface area contributed by atoms with E-state index in [1.807, 2.05) is 0 Å². The van der Waals surface area contributed by atoms with Crippen LogP contribution in [0.25, 0.3) is 0 Å². The Hall–Kier alpha value is -2.15. The SMILES string of the molecule is N/C(=N/O)c1ccc(OCc2ccc(Br)cc2F)c(F)c1. The van der Waals surface area contributed by atoms with Crippen molar-refractivity contribution in [3.8, 4) is 5.75 Å². The number of ether oxygens (including phenoxy) is 1. The van der Waals surface area contributed by atoms with Gasteiger partial charge in [0.25, 0.3) is 0 Å². The molecule has 0 aliphatic heterocycles. The number of amidine groups is 1. The van der Waals surface area contributed by atoms with Crippen molar-refractivity contribution < 1.29 is 18.7 Å². The summed E-state index contributed by atoms with van der Waals surface area (Å²) < 4.78 is 33.2. The number of hydrogen-bond acceptors (Lipinski definition) is 3. The molecule has 0 unspecified atom stereocenters. The second kappa shape index (κ2) is 6.53. The Morgan fingerprint density at radius 1 is 1.19 bits per heavy atom. The lowest BCUT2D eigenvalue weighted by Gasteiger charge is -2.09. The highest BCUT2D eigenvalue weighted by Gasteiger charge is 2.09. The van der Waals surface area contributed by atoms with Crippen molar-refractivity contribution in [1.82, 2.24) is 0 Å². The maximum Gasteiger partial charge on any atom is 0.170 e. The van der Waals surface area contributed by atoms with Gasteiger partial charge >= 0.3 is 0 Å². The summed E-state index contributed by atoms with van der Waals surface area (Å²) in [5.74, 6) is -1.39. The molecule has 0 amide bonds. The molecule has 0 radical (unpaired) electrons. The number of benzene rings is 2. The summed E-state index contributed by atoms with van der Waals surface area (Å²) in [6, 6.07) is 8.35. The van der Waals surface area contributed by atoms with Crippen LogP contribution in [0.2, 0.25) is 0 Å². The van der Waals surface area contributed by atoms with E-state index < -0.39 is 11.6 Å². The van der Waals surface area contributed by atoms with E-state index in [2.05, 4.69) is 21.1 Å². The molecule has 0 saturated carbocycles. The lowest BCUT2D eigenvalue weighted by Crippen LogP contribution is -2.13. The standard InChI is InChI=1S/C14H11BrF2N2O2/c15-10-3-1-9(11(16)6-10)7-21-13-4-2-8(5-12(13)17)14(18)19-20/h1-6,20H,7H2,(H2,18,19). The lowest BCUT2D eigenvalue weighted by molar-refractivity contribution is 0.284. The molecule has 0 aliphatic rings. The maximum absolute atomic E-state index is 13.8. The average Bonchev–Trinajstić information content (AvgIpc) is 2.46.